The largest absolute Gasteiger partial charge is 0.461 e. The number of nitrogens with zero attached hydrogens (tertiary/aromatic N) is 4. The predicted octanol–water partition coefficient (Wildman–Crippen LogP) is 4.54. The van der Waals surface area contributed by atoms with Crippen molar-refractivity contribution in [2.24, 2.45) is 0 Å². The smallest absolute Gasteiger partial charge is 0.418 e. The SMILES string of the molecule is C#Cc1cc(N)c(F)c([C@H]2Cc3nc(OC[C@@]45CCCN4CC(=C)C5)nc(N4CCC[C@@](C)(O)C4)c3CO2)c1C(F)(F)F. The molecule has 0 spiro atoms. The van der Waals surface area contributed by atoms with Crippen LogP contribution in [0.5, 0.6) is 6.01 Å². The Morgan fingerprint density at radius 3 is 2.77 bits per heavy atom. The Morgan fingerprint density at radius 2 is 2.05 bits per heavy atom. The van der Waals surface area contributed by atoms with E-state index in [2.05, 4.69) is 16.5 Å². The van der Waals surface area contributed by atoms with Gasteiger partial charge in [-0.05, 0) is 51.6 Å². The fourth-order valence-corrected chi connectivity index (χ4v) is 7.21. The standard InChI is InChI=1S/C31H35F4N5O3/c1-4-19-11-21(36)26(32)24(25(19)31(33,34)35)23-12-22-20(15-42-23)27(39-9-5-7-29(3,41)16-39)38-28(37-22)43-17-30-8-6-10-40(30)14-18(2)13-30/h1,11,23,41H,2,5-10,12-17,36H2,3H3/t23-,29-,30+/m1/s1. The maximum atomic E-state index is 15.4. The Hall–Kier alpha value is -3.40. The van der Waals surface area contributed by atoms with Crippen molar-refractivity contribution >= 4 is 11.5 Å². The van der Waals surface area contributed by atoms with E-state index in [1.54, 1.807) is 6.92 Å². The monoisotopic (exact) mass is 601 g/mol. The highest BCUT2D eigenvalue weighted by molar-refractivity contribution is 5.59. The van der Waals surface area contributed by atoms with Crippen LogP contribution in [-0.2, 0) is 23.9 Å². The molecule has 4 aliphatic heterocycles. The number of β-amino-alcohol motifs (C(OH)–C–C–N with tert-alkyl or cyclic N) is 1. The van der Waals surface area contributed by atoms with Gasteiger partial charge in [0, 0.05) is 42.7 Å². The van der Waals surface area contributed by atoms with Crippen LogP contribution in [-0.4, -0.2) is 63.9 Å². The number of alkyl halides is 3. The molecule has 2 aromatic rings. The topological polar surface area (TPSA) is 97.0 Å². The van der Waals surface area contributed by atoms with Gasteiger partial charge < -0.3 is 25.2 Å². The van der Waals surface area contributed by atoms with E-state index in [0.29, 0.717) is 49.6 Å². The van der Waals surface area contributed by atoms with Crippen LogP contribution >= 0.6 is 0 Å². The first-order valence-corrected chi connectivity index (χ1v) is 14.5. The van der Waals surface area contributed by atoms with Crippen molar-refractivity contribution < 1.29 is 32.1 Å². The van der Waals surface area contributed by atoms with Crippen LogP contribution in [0.2, 0.25) is 0 Å². The van der Waals surface area contributed by atoms with Crippen LogP contribution in [0.1, 0.15) is 73.1 Å². The molecule has 0 saturated carbocycles. The molecule has 0 bridgehead atoms. The lowest BCUT2D eigenvalue weighted by molar-refractivity contribution is -0.140. The summed E-state index contributed by atoms with van der Waals surface area (Å²) in [5.41, 5.74) is 3.61. The fourth-order valence-electron chi connectivity index (χ4n) is 7.21. The first-order valence-electron chi connectivity index (χ1n) is 14.5. The van der Waals surface area contributed by atoms with Gasteiger partial charge in [0.25, 0.3) is 0 Å². The van der Waals surface area contributed by atoms with Crippen molar-refractivity contribution in [3.63, 3.8) is 0 Å². The van der Waals surface area contributed by atoms with Gasteiger partial charge >= 0.3 is 12.2 Å². The van der Waals surface area contributed by atoms with E-state index >= 15 is 4.39 Å². The van der Waals surface area contributed by atoms with Crippen LogP contribution < -0.4 is 15.4 Å². The second-order valence-corrected chi connectivity index (χ2v) is 12.5. The van der Waals surface area contributed by atoms with E-state index < -0.39 is 46.1 Å². The molecule has 1 aromatic carbocycles. The first-order chi connectivity index (χ1) is 20.3. The molecule has 8 nitrogen and oxygen atoms in total. The number of ether oxygens (including phenoxy) is 2. The summed E-state index contributed by atoms with van der Waals surface area (Å²) in [7, 11) is 0. The lowest BCUT2D eigenvalue weighted by Gasteiger charge is -2.39. The Kier molecular flexibility index (Phi) is 7.34. The molecule has 1 aromatic heterocycles. The Morgan fingerprint density at radius 1 is 1.28 bits per heavy atom. The molecule has 230 valence electrons. The van der Waals surface area contributed by atoms with E-state index in [4.69, 9.17) is 26.6 Å². The average molecular weight is 602 g/mol. The highest BCUT2D eigenvalue weighted by atomic mass is 19.4. The van der Waals surface area contributed by atoms with Crippen molar-refractivity contribution in [3.8, 4) is 18.4 Å². The minimum atomic E-state index is -4.95. The molecule has 0 aliphatic carbocycles. The summed E-state index contributed by atoms with van der Waals surface area (Å²) in [6.07, 6.45) is 3.01. The summed E-state index contributed by atoms with van der Waals surface area (Å²) in [6, 6.07) is 0.891. The Labute approximate surface area is 247 Å². The van der Waals surface area contributed by atoms with Gasteiger partial charge in [0.15, 0.2) is 5.82 Å². The van der Waals surface area contributed by atoms with Crippen molar-refractivity contribution in [2.75, 3.05) is 43.4 Å². The van der Waals surface area contributed by atoms with Gasteiger partial charge in [-0.3, -0.25) is 4.90 Å². The molecule has 4 aliphatic rings. The second-order valence-electron chi connectivity index (χ2n) is 12.5. The molecule has 43 heavy (non-hydrogen) atoms. The number of hydrogen-bond donors (Lipinski definition) is 2. The lowest BCUT2D eigenvalue weighted by atomic mass is 9.90. The maximum absolute atomic E-state index is 15.4. The highest BCUT2D eigenvalue weighted by Gasteiger charge is 2.47. The third-order valence-corrected chi connectivity index (χ3v) is 9.13. The molecule has 5 heterocycles. The minimum absolute atomic E-state index is 0.0757. The van der Waals surface area contributed by atoms with Crippen molar-refractivity contribution in [3.05, 3.63) is 52.0 Å². The molecule has 3 fully saturated rings. The van der Waals surface area contributed by atoms with Gasteiger partial charge in [0.2, 0.25) is 0 Å². The second kappa shape index (κ2) is 10.6. The minimum Gasteiger partial charge on any atom is -0.461 e. The number of benzene rings is 1. The molecule has 0 amide bonds. The number of rotatable bonds is 5. The number of hydrogen-bond acceptors (Lipinski definition) is 8. The van der Waals surface area contributed by atoms with E-state index in [0.717, 1.165) is 44.0 Å². The van der Waals surface area contributed by atoms with Gasteiger partial charge in [-0.2, -0.15) is 23.1 Å². The summed E-state index contributed by atoms with van der Waals surface area (Å²) in [5, 5.41) is 10.8. The van der Waals surface area contributed by atoms with Crippen molar-refractivity contribution in [1.82, 2.24) is 14.9 Å². The summed E-state index contributed by atoms with van der Waals surface area (Å²) >= 11 is 0. The van der Waals surface area contributed by atoms with Gasteiger partial charge in [-0.25, -0.2) is 4.39 Å². The Balaban J connectivity index is 1.39. The number of halogens is 4. The number of nitrogen functional groups attached to an aromatic ring is 1. The molecule has 3 saturated heterocycles. The third kappa shape index (κ3) is 5.43. The van der Waals surface area contributed by atoms with Gasteiger partial charge in [-0.1, -0.05) is 18.1 Å². The summed E-state index contributed by atoms with van der Waals surface area (Å²) in [4.78, 5) is 13.7. The number of aliphatic hydroxyl groups is 1. The van der Waals surface area contributed by atoms with Crippen LogP contribution in [0, 0.1) is 18.2 Å². The van der Waals surface area contributed by atoms with Crippen LogP contribution in [0.15, 0.2) is 18.2 Å². The molecule has 12 heteroatoms. The lowest BCUT2D eigenvalue weighted by Crippen LogP contribution is -2.47. The zero-order chi connectivity index (χ0) is 30.7. The zero-order valence-electron chi connectivity index (χ0n) is 24.1. The number of anilines is 2. The van der Waals surface area contributed by atoms with E-state index in [9.17, 15) is 18.3 Å². The van der Waals surface area contributed by atoms with Gasteiger partial charge in [-0.15, -0.1) is 6.42 Å². The molecule has 6 rings (SSSR count). The van der Waals surface area contributed by atoms with Crippen molar-refractivity contribution in [2.45, 2.75) is 75.5 Å². The van der Waals surface area contributed by atoms with E-state index in [1.165, 1.54) is 0 Å². The van der Waals surface area contributed by atoms with Crippen LogP contribution in [0.25, 0.3) is 0 Å². The van der Waals surface area contributed by atoms with Crippen LogP contribution in [0.3, 0.4) is 0 Å². The number of fused-ring (bicyclic) bond motifs is 2. The summed E-state index contributed by atoms with van der Waals surface area (Å²) < 4.78 is 70.3. The quantitative estimate of drug-likeness (QED) is 0.223. The molecule has 0 unspecified atom stereocenters. The first kappa shape index (κ1) is 29.7. The normalized spacial score (nSPS) is 27.6. The number of nitrogens with two attached hydrogens (primary N) is 1. The van der Waals surface area contributed by atoms with E-state index in [1.807, 2.05) is 10.8 Å². The number of piperidine rings is 1. The predicted molar refractivity (Wildman–Crippen MR) is 152 cm³/mol. The zero-order valence-corrected chi connectivity index (χ0v) is 24.1. The number of terminal acetylenes is 1. The highest BCUT2D eigenvalue weighted by Crippen LogP contribution is 2.45. The average Bonchev–Trinajstić information content (AvgIpc) is 3.46. The molecular formula is C31H35F4N5O3. The van der Waals surface area contributed by atoms with E-state index in [-0.39, 0.29) is 24.6 Å². The van der Waals surface area contributed by atoms with Crippen LogP contribution in [0.4, 0.5) is 29.1 Å². The molecule has 3 atom stereocenters. The van der Waals surface area contributed by atoms with Gasteiger partial charge in [0.05, 0.1) is 40.8 Å². The molecule has 0 radical (unpaired) electrons. The molecule has 3 N–H and O–H groups in total. The maximum Gasteiger partial charge on any atom is 0.418 e. The summed E-state index contributed by atoms with van der Waals surface area (Å²) in [6.45, 7) is 8.74. The number of aromatic nitrogens is 2. The van der Waals surface area contributed by atoms with Gasteiger partial charge in [0.1, 0.15) is 12.4 Å². The fraction of sp³-hybridized carbons (Fsp3) is 0.548. The Bertz CT molecular complexity index is 1500. The molecular weight excluding hydrogens is 566 g/mol. The van der Waals surface area contributed by atoms with Crippen molar-refractivity contribution in [1.29, 1.82) is 0 Å². The summed E-state index contributed by atoms with van der Waals surface area (Å²) in [5.74, 6) is 1.26. The third-order valence-electron chi connectivity index (χ3n) is 9.13.